The predicted octanol–water partition coefficient (Wildman–Crippen LogP) is 2.90. The molecule has 0 saturated carbocycles. The van der Waals surface area contributed by atoms with Gasteiger partial charge in [0.2, 0.25) is 0 Å². The molecule has 0 fully saturated rings. The van der Waals surface area contributed by atoms with Crippen LogP contribution in [0.4, 0.5) is 0 Å². The first kappa shape index (κ1) is 12.2. The van der Waals surface area contributed by atoms with Gasteiger partial charge < -0.3 is 4.74 Å². The molecule has 1 unspecified atom stereocenters. The Kier molecular flexibility index (Phi) is 4.77. The highest BCUT2D eigenvalue weighted by molar-refractivity contribution is 7.74. The topological polar surface area (TPSA) is 26.3 Å². The van der Waals surface area contributed by atoms with Crippen molar-refractivity contribution >= 4 is 13.4 Å². The van der Waals surface area contributed by atoms with Crippen molar-refractivity contribution in [2.24, 2.45) is 0 Å². The number of ether oxygens (including phenoxy) is 1. The maximum atomic E-state index is 11.1. The molecular weight excluding hydrogens is 207 g/mol. The van der Waals surface area contributed by atoms with Gasteiger partial charge in [0.15, 0.2) is 5.52 Å². The first-order chi connectivity index (χ1) is 7.13. The van der Waals surface area contributed by atoms with Crippen LogP contribution in [0, 0.1) is 0 Å². The van der Waals surface area contributed by atoms with Crippen LogP contribution in [0.1, 0.15) is 12.5 Å². The van der Waals surface area contributed by atoms with Gasteiger partial charge in [-0.3, -0.25) is 4.79 Å². The molecule has 1 aromatic carbocycles. The van der Waals surface area contributed by atoms with Crippen LogP contribution in [0.2, 0.25) is 0 Å². The summed E-state index contributed by atoms with van der Waals surface area (Å²) in [7, 11) is 1.22. The van der Waals surface area contributed by atoms with Crippen LogP contribution >= 0.6 is 7.92 Å². The number of carbonyl (C=O) groups is 1. The van der Waals surface area contributed by atoms with Crippen molar-refractivity contribution in [3.05, 3.63) is 29.8 Å². The molecule has 82 valence electrons. The van der Waals surface area contributed by atoms with Crippen LogP contribution in [0.5, 0.6) is 5.75 Å². The SMILES string of the molecule is COc1ccc(CCP(C)C(C)=O)cc1. The summed E-state index contributed by atoms with van der Waals surface area (Å²) in [5.74, 6) is 0.879. The Morgan fingerprint density at radius 3 is 2.40 bits per heavy atom. The van der Waals surface area contributed by atoms with E-state index in [1.807, 2.05) is 18.8 Å². The minimum absolute atomic E-state index is 0.332. The second-order valence-electron chi connectivity index (χ2n) is 3.54. The lowest BCUT2D eigenvalue weighted by Crippen LogP contribution is -1.96. The molecule has 1 atom stereocenters. The molecule has 0 aliphatic rings. The fourth-order valence-corrected chi connectivity index (χ4v) is 2.15. The molecule has 0 bridgehead atoms. The predicted molar refractivity (Wildman–Crippen MR) is 65.1 cm³/mol. The van der Waals surface area contributed by atoms with E-state index in [4.69, 9.17) is 4.74 Å². The van der Waals surface area contributed by atoms with Crippen LogP contribution in [0.15, 0.2) is 24.3 Å². The number of aryl methyl sites for hydroxylation is 1. The molecule has 0 amide bonds. The van der Waals surface area contributed by atoms with Crippen LogP contribution in [0.25, 0.3) is 0 Å². The zero-order valence-electron chi connectivity index (χ0n) is 9.49. The van der Waals surface area contributed by atoms with Crippen molar-refractivity contribution in [1.29, 1.82) is 0 Å². The van der Waals surface area contributed by atoms with Crippen LogP contribution in [-0.4, -0.2) is 25.5 Å². The highest BCUT2D eigenvalue weighted by Gasteiger charge is 2.06. The Morgan fingerprint density at radius 1 is 1.33 bits per heavy atom. The molecule has 0 aliphatic carbocycles. The Bertz CT molecular complexity index is 319. The van der Waals surface area contributed by atoms with E-state index in [9.17, 15) is 4.79 Å². The zero-order chi connectivity index (χ0) is 11.3. The third kappa shape index (κ3) is 4.01. The van der Waals surface area contributed by atoms with Gasteiger partial charge in [-0.15, -0.1) is 0 Å². The van der Waals surface area contributed by atoms with Crippen molar-refractivity contribution < 1.29 is 9.53 Å². The van der Waals surface area contributed by atoms with Gasteiger partial charge in [-0.05, 0) is 51.8 Å². The molecule has 1 rings (SSSR count). The highest BCUT2D eigenvalue weighted by atomic mass is 31.1. The average Bonchev–Trinajstić information content (AvgIpc) is 2.26. The largest absolute Gasteiger partial charge is 0.497 e. The number of methoxy groups -OCH3 is 1. The van der Waals surface area contributed by atoms with Crippen LogP contribution in [-0.2, 0) is 11.2 Å². The van der Waals surface area contributed by atoms with E-state index in [2.05, 4.69) is 12.1 Å². The lowest BCUT2D eigenvalue weighted by molar-refractivity contribution is -0.109. The standard InChI is InChI=1S/C12H17O2P/c1-10(13)15(3)9-8-11-4-6-12(14-2)7-5-11/h4-7H,8-9H2,1-3H3. The van der Waals surface area contributed by atoms with Crippen molar-refractivity contribution in [3.63, 3.8) is 0 Å². The summed E-state index contributed by atoms with van der Waals surface area (Å²) in [6.45, 7) is 3.72. The van der Waals surface area contributed by atoms with Gasteiger partial charge in [0.1, 0.15) is 5.75 Å². The summed E-state index contributed by atoms with van der Waals surface area (Å²) in [5, 5.41) is 0. The van der Waals surface area contributed by atoms with Crippen molar-refractivity contribution in [2.45, 2.75) is 13.3 Å². The van der Waals surface area contributed by atoms with Gasteiger partial charge in [-0.2, -0.15) is 0 Å². The number of carbonyl (C=O) groups excluding carboxylic acids is 1. The Balaban J connectivity index is 2.47. The quantitative estimate of drug-likeness (QED) is 0.719. The van der Waals surface area contributed by atoms with Crippen molar-refractivity contribution in [3.8, 4) is 5.75 Å². The molecule has 2 nitrogen and oxygen atoms in total. The summed E-state index contributed by atoms with van der Waals surface area (Å²) in [6, 6.07) is 8.03. The Labute approximate surface area is 92.4 Å². The molecule has 0 N–H and O–H groups in total. The third-order valence-electron chi connectivity index (χ3n) is 2.43. The fraction of sp³-hybridized carbons (Fsp3) is 0.417. The van der Waals surface area contributed by atoms with E-state index in [1.54, 1.807) is 14.0 Å². The summed E-state index contributed by atoms with van der Waals surface area (Å²) in [6.07, 6.45) is 1.96. The molecule has 3 heteroatoms. The van der Waals surface area contributed by atoms with E-state index < -0.39 is 7.92 Å². The lowest BCUT2D eigenvalue weighted by atomic mass is 10.2. The molecule has 1 aromatic rings. The minimum atomic E-state index is -0.445. The first-order valence-electron chi connectivity index (χ1n) is 4.98. The fourth-order valence-electron chi connectivity index (χ4n) is 1.25. The molecule has 15 heavy (non-hydrogen) atoms. The number of benzene rings is 1. The van der Waals surface area contributed by atoms with E-state index in [0.29, 0.717) is 5.52 Å². The monoisotopic (exact) mass is 224 g/mol. The van der Waals surface area contributed by atoms with E-state index >= 15 is 0 Å². The van der Waals surface area contributed by atoms with Gasteiger partial charge in [0, 0.05) is 0 Å². The van der Waals surface area contributed by atoms with Crippen molar-refractivity contribution in [2.75, 3.05) is 19.9 Å². The van der Waals surface area contributed by atoms with Gasteiger partial charge >= 0.3 is 0 Å². The summed E-state index contributed by atoms with van der Waals surface area (Å²) >= 11 is 0. The van der Waals surface area contributed by atoms with Gasteiger partial charge in [0.25, 0.3) is 0 Å². The van der Waals surface area contributed by atoms with E-state index in [1.165, 1.54) is 5.56 Å². The average molecular weight is 224 g/mol. The zero-order valence-corrected chi connectivity index (χ0v) is 10.4. The van der Waals surface area contributed by atoms with E-state index in [-0.39, 0.29) is 0 Å². The van der Waals surface area contributed by atoms with Gasteiger partial charge in [-0.25, -0.2) is 0 Å². The summed E-state index contributed by atoms with van der Waals surface area (Å²) in [5.41, 5.74) is 1.60. The molecule has 0 saturated heterocycles. The molecule has 0 aromatic heterocycles. The van der Waals surface area contributed by atoms with E-state index in [0.717, 1.165) is 18.3 Å². The normalized spacial score (nSPS) is 12.2. The van der Waals surface area contributed by atoms with Crippen LogP contribution in [0.3, 0.4) is 0 Å². The smallest absolute Gasteiger partial charge is 0.151 e. The Morgan fingerprint density at radius 2 is 1.93 bits per heavy atom. The molecular formula is C12H17O2P. The number of rotatable bonds is 5. The summed E-state index contributed by atoms with van der Waals surface area (Å²) < 4.78 is 5.08. The number of hydrogen-bond donors (Lipinski definition) is 0. The lowest BCUT2D eigenvalue weighted by Gasteiger charge is -2.08. The Hall–Kier alpha value is -0.880. The van der Waals surface area contributed by atoms with Crippen molar-refractivity contribution in [1.82, 2.24) is 0 Å². The van der Waals surface area contributed by atoms with Crippen LogP contribution < -0.4 is 4.74 Å². The summed E-state index contributed by atoms with van der Waals surface area (Å²) in [4.78, 5) is 11.1. The third-order valence-corrected chi connectivity index (χ3v) is 4.40. The second-order valence-corrected chi connectivity index (χ2v) is 6.01. The molecule has 0 radical (unpaired) electrons. The second kappa shape index (κ2) is 5.87. The minimum Gasteiger partial charge on any atom is -0.497 e. The molecule has 0 spiro atoms. The maximum Gasteiger partial charge on any atom is 0.151 e. The maximum absolute atomic E-state index is 11.1. The first-order valence-corrected chi connectivity index (χ1v) is 6.95. The highest BCUT2D eigenvalue weighted by Crippen LogP contribution is 2.31. The van der Waals surface area contributed by atoms with Gasteiger partial charge in [-0.1, -0.05) is 12.1 Å². The molecule has 0 heterocycles. The van der Waals surface area contributed by atoms with Gasteiger partial charge in [0.05, 0.1) is 7.11 Å². The number of hydrogen-bond acceptors (Lipinski definition) is 2. The molecule has 0 aliphatic heterocycles.